The summed E-state index contributed by atoms with van der Waals surface area (Å²) in [6, 6.07) is 36.1. The van der Waals surface area contributed by atoms with Crippen molar-refractivity contribution in [2.45, 2.75) is 168 Å². The number of carbonyl (C=O) groups is 2. The number of hydrogen-bond acceptors (Lipinski definition) is 8. The molecule has 0 heterocycles. The molecule has 0 spiro atoms. The number of ether oxygens (including phenoxy) is 4. The first-order valence-corrected chi connectivity index (χ1v) is 26.8. The standard InChI is InChI=1S/C62H80N2O6/c1-3-5-7-9-11-13-15-17-19-21-23-25-46-67-57-42-38-55(39-43-57)63-49-51-30-34-53(35-31-51)61(65)69-59-28-27-29-60(48-59)70-62(66)54-36-32-52(33-37-54)50-64-56-40-44-58(45-41-56)68-47-26-24-22-20-18-16-14-12-10-8-6-4-2/h27-45,48-50H,3-26,46-47H2,1-2H3. The molecule has 374 valence electrons. The van der Waals surface area contributed by atoms with Crippen LogP contribution in [0.4, 0.5) is 11.4 Å². The van der Waals surface area contributed by atoms with Gasteiger partial charge in [0.1, 0.15) is 23.0 Å². The van der Waals surface area contributed by atoms with Crippen molar-refractivity contribution in [2.24, 2.45) is 9.98 Å². The molecule has 0 aliphatic rings. The Bertz CT molecular complexity index is 2080. The second kappa shape index (κ2) is 34.3. The Kier molecular flexibility index (Phi) is 26.9. The molecule has 0 aromatic heterocycles. The largest absolute Gasteiger partial charge is 0.494 e. The summed E-state index contributed by atoms with van der Waals surface area (Å²) in [6.07, 6.45) is 35.3. The summed E-state index contributed by atoms with van der Waals surface area (Å²) in [6.45, 7) is 6.00. The average molecular weight is 949 g/mol. The maximum absolute atomic E-state index is 13.0. The Labute approximate surface area is 420 Å². The number of unbranched alkanes of at least 4 members (excludes halogenated alkanes) is 22. The highest BCUT2D eigenvalue weighted by Gasteiger charge is 2.13. The summed E-state index contributed by atoms with van der Waals surface area (Å²) >= 11 is 0. The Hall–Kier alpha value is -6.02. The second-order valence-electron chi connectivity index (χ2n) is 18.5. The molecule has 8 nitrogen and oxygen atoms in total. The maximum atomic E-state index is 13.0. The van der Waals surface area contributed by atoms with Gasteiger partial charge < -0.3 is 18.9 Å². The number of hydrogen-bond donors (Lipinski definition) is 0. The van der Waals surface area contributed by atoms with Crippen molar-refractivity contribution >= 4 is 35.7 Å². The van der Waals surface area contributed by atoms with E-state index in [1.54, 1.807) is 54.9 Å². The minimum absolute atomic E-state index is 0.258. The number of benzene rings is 5. The van der Waals surface area contributed by atoms with Crippen LogP contribution in [0.5, 0.6) is 23.0 Å². The molecular weight excluding hydrogens is 869 g/mol. The third-order valence-electron chi connectivity index (χ3n) is 12.5. The molecule has 5 aromatic carbocycles. The van der Waals surface area contributed by atoms with E-state index >= 15 is 0 Å². The van der Waals surface area contributed by atoms with E-state index in [1.807, 2.05) is 72.8 Å². The summed E-state index contributed by atoms with van der Waals surface area (Å²) in [4.78, 5) is 35.2. The molecule has 0 unspecified atom stereocenters. The van der Waals surface area contributed by atoms with Crippen molar-refractivity contribution in [3.8, 4) is 23.0 Å². The van der Waals surface area contributed by atoms with E-state index in [2.05, 4.69) is 23.8 Å². The van der Waals surface area contributed by atoms with Crippen molar-refractivity contribution in [3.05, 3.63) is 144 Å². The van der Waals surface area contributed by atoms with Crippen LogP contribution in [0.2, 0.25) is 0 Å². The normalized spacial score (nSPS) is 11.3. The Morgan fingerprint density at radius 2 is 0.686 bits per heavy atom. The lowest BCUT2D eigenvalue weighted by Crippen LogP contribution is -2.10. The van der Waals surface area contributed by atoms with Gasteiger partial charge in [0.25, 0.3) is 0 Å². The number of rotatable bonds is 36. The van der Waals surface area contributed by atoms with Gasteiger partial charge in [-0.1, -0.05) is 185 Å². The molecule has 0 saturated heterocycles. The SMILES string of the molecule is CCCCCCCCCCCCCCOc1ccc(N=Cc2ccc(C(=O)Oc3cccc(OC(=O)c4ccc(C=Nc5ccc(OCCCCCCCCCCCCCC)cc5)cc4)c3)cc2)cc1. The molecule has 0 saturated carbocycles. The molecule has 0 fully saturated rings. The summed E-state index contributed by atoms with van der Waals surface area (Å²) < 4.78 is 23.2. The van der Waals surface area contributed by atoms with Crippen molar-refractivity contribution in [3.63, 3.8) is 0 Å². The first-order valence-electron chi connectivity index (χ1n) is 26.8. The fourth-order valence-electron chi connectivity index (χ4n) is 8.16. The second-order valence-corrected chi connectivity index (χ2v) is 18.5. The predicted molar refractivity (Wildman–Crippen MR) is 290 cm³/mol. The zero-order valence-electron chi connectivity index (χ0n) is 42.4. The highest BCUT2D eigenvalue weighted by Crippen LogP contribution is 2.24. The number of nitrogens with zero attached hydrogens (tertiary/aromatic N) is 2. The molecule has 0 atom stereocenters. The molecule has 5 aromatic rings. The van der Waals surface area contributed by atoms with E-state index < -0.39 is 11.9 Å². The summed E-state index contributed by atoms with van der Waals surface area (Å²) in [5.41, 5.74) is 4.06. The van der Waals surface area contributed by atoms with Gasteiger partial charge in [0, 0.05) is 18.5 Å². The van der Waals surface area contributed by atoms with Crippen LogP contribution in [-0.4, -0.2) is 37.6 Å². The van der Waals surface area contributed by atoms with Gasteiger partial charge in [-0.2, -0.15) is 0 Å². The van der Waals surface area contributed by atoms with Crippen molar-refractivity contribution < 1.29 is 28.5 Å². The van der Waals surface area contributed by atoms with E-state index in [-0.39, 0.29) is 11.5 Å². The monoisotopic (exact) mass is 949 g/mol. The van der Waals surface area contributed by atoms with Gasteiger partial charge in [-0.3, -0.25) is 9.98 Å². The smallest absolute Gasteiger partial charge is 0.343 e. The molecule has 0 radical (unpaired) electrons. The van der Waals surface area contributed by atoms with Crippen LogP contribution < -0.4 is 18.9 Å². The molecular formula is C62H80N2O6. The fourth-order valence-corrected chi connectivity index (χ4v) is 8.16. The fraction of sp³-hybridized carbons (Fsp3) is 0.452. The minimum Gasteiger partial charge on any atom is -0.494 e. The maximum Gasteiger partial charge on any atom is 0.343 e. The van der Waals surface area contributed by atoms with Gasteiger partial charge in [-0.25, -0.2) is 9.59 Å². The molecule has 5 rings (SSSR count). The lowest BCUT2D eigenvalue weighted by molar-refractivity contribution is 0.0732. The molecule has 0 bridgehead atoms. The molecule has 0 amide bonds. The first-order chi connectivity index (χ1) is 34.5. The van der Waals surface area contributed by atoms with Gasteiger partial charge in [0.2, 0.25) is 0 Å². The molecule has 8 heteroatoms. The third kappa shape index (κ3) is 23.1. The van der Waals surface area contributed by atoms with Crippen LogP contribution in [0, 0.1) is 0 Å². The minimum atomic E-state index is -0.530. The van der Waals surface area contributed by atoms with Crippen molar-refractivity contribution in [1.82, 2.24) is 0 Å². The van der Waals surface area contributed by atoms with Crippen LogP contribution in [0.15, 0.2) is 131 Å². The van der Waals surface area contributed by atoms with Crippen LogP contribution in [-0.2, 0) is 0 Å². The average Bonchev–Trinajstić information content (AvgIpc) is 3.39. The summed E-state index contributed by atoms with van der Waals surface area (Å²) in [5, 5.41) is 0. The van der Waals surface area contributed by atoms with Gasteiger partial charge in [0.15, 0.2) is 0 Å². The lowest BCUT2D eigenvalue weighted by Gasteiger charge is -2.08. The van der Waals surface area contributed by atoms with Crippen LogP contribution in [0.3, 0.4) is 0 Å². The van der Waals surface area contributed by atoms with Crippen LogP contribution >= 0.6 is 0 Å². The highest BCUT2D eigenvalue weighted by molar-refractivity contribution is 5.93. The lowest BCUT2D eigenvalue weighted by atomic mass is 10.1. The number of aliphatic imine (C=N–C) groups is 2. The van der Waals surface area contributed by atoms with E-state index in [0.717, 1.165) is 60.1 Å². The summed E-state index contributed by atoms with van der Waals surface area (Å²) in [5.74, 6) is 1.16. The van der Waals surface area contributed by atoms with Gasteiger partial charge in [0.05, 0.1) is 35.7 Å². The zero-order chi connectivity index (χ0) is 49.1. The van der Waals surface area contributed by atoms with Crippen LogP contribution in [0.25, 0.3) is 0 Å². The van der Waals surface area contributed by atoms with Gasteiger partial charge in [-0.15, -0.1) is 0 Å². The third-order valence-corrected chi connectivity index (χ3v) is 12.5. The Morgan fingerprint density at radius 3 is 1.01 bits per heavy atom. The molecule has 70 heavy (non-hydrogen) atoms. The van der Waals surface area contributed by atoms with E-state index in [1.165, 1.54) is 147 Å². The van der Waals surface area contributed by atoms with E-state index in [4.69, 9.17) is 18.9 Å². The zero-order valence-corrected chi connectivity index (χ0v) is 42.4. The number of carbonyl (C=O) groups excluding carboxylic acids is 2. The Balaban J connectivity index is 0.943. The quantitative estimate of drug-likeness (QED) is 0.0172. The molecule has 0 aliphatic carbocycles. The first kappa shape index (κ1) is 54.9. The van der Waals surface area contributed by atoms with Gasteiger partial charge in [-0.05, 0) is 109 Å². The van der Waals surface area contributed by atoms with Crippen LogP contribution in [0.1, 0.15) is 200 Å². The predicted octanol–water partition coefficient (Wildman–Crippen LogP) is 17.8. The van der Waals surface area contributed by atoms with Crippen molar-refractivity contribution in [2.75, 3.05) is 13.2 Å². The highest BCUT2D eigenvalue weighted by atomic mass is 16.5. The van der Waals surface area contributed by atoms with Crippen molar-refractivity contribution in [1.29, 1.82) is 0 Å². The molecule has 0 N–H and O–H groups in total. The van der Waals surface area contributed by atoms with E-state index in [9.17, 15) is 9.59 Å². The number of esters is 2. The summed E-state index contributed by atoms with van der Waals surface area (Å²) in [7, 11) is 0. The van der Waals surface area contributed by atoms with Gasteiger partial charge >= 0.3 is 11.9 Å². The van der Waals surface area contributed by atoms with E-state index in [0.29, 0.717) is 11.1 Å². The topological polar surface area (TPSA) is 95.8 Å². The molecule has 0 aliphatic heterocycles. The Morgan fingerprint density at radius 1 is 0.371 bits per heavy atom.